The Labute approximate surface area is 326 Å². The lowest BCUT2D eigenvalue weighted by Gasteiger charge is -2.31. The van der Waals surface area contributed by atoms with E-state index in [1.165, 1.54) is 88.0 Å². The fourth-order valence-electron chi connectivity index (χ4n) is 10.0. The molecule has 0 aliphatic heterocycles. The summed E-state index contributed by atoms with van der Waals surface area (Å²) in [5.41, 5.74) is 16.2. The molecule has 0 atom stereocenters. The second kappa shape index (κ2) is 11.9. The van der Waals surface area contributed by atoms with Crippen LogP contribution in [0.5, 0.6) is 0 Å². The molecular weight excluding hydrogens is 675 g/mol. The molecule has 1 heteroatoms. The van der Waals surface area contributed by atoms with Crippen molar-refractivity contribution in [3.05, 3.63) is 235 Å². The SMILES string of the molecule is c1ccc2c(c1)-c1ccccc1C21c2cc(-c3ccc(N(c4ccc5ccccc5c4)c4cccc5ccccc45)cc3)ccc2-c2c1ccc1ccccc21. The number of hydrogen-bond acceptors (Lipinski definition) is 1. The molecule has 10 aromatic carbocycles. The Morgan fingerprint density at radius 2 is 0.875 bits per heavy atom. The van der Waals surface area contributed by atoms with Crippen LogP contribution in [0.25, 0.3) is 65.7 Å². The summed E-state index contributed by atoms with van der Waals surface area (Å²) in [4.78, 5) is 2.41. The van der Waals surface area contributed by atoms with Crippen molar-refractivity contribution in [2.45, 2.75) is 5.41 Å². The van der Waals surface area contributed by atoms with Gasteiger partial charge in [-0.25, -0.2) is 0 Å². The number of anilines is 3. The first-order valence-electron chi connectivity index (χ1n) is 19.5. The molecule has 0 heterocycles. The summed E-state index contributed by atoms with van der Waals surface area (Å²) < 4.78 is 0. The third-order valence-corrected chi connectivity index (χ3v) is 12.4. The van der Waals surface area contributed by atoms with Crippen LogP contribution in [-0.4, -0.2) is 0 Å². The highest BCUT2D eigenvalue weighted by Gasteiger charge is 2.52. The predicted molar refractivity (Wildman–Crippen MR) is 235 cm³/mol. The van der Waals surface area contributed by atoms with Gasteiger partial charge in [0, 0.05) is 16.8 Å². The molecule has 56 heavy (non-hydrogen) atoms. The summed E-state index contributed by atoms with van der Waals surface area (Å²) >= 11 is 0. The molecule has 0 bridgehead atoms. The summed E-state index contributed by atoms with van der Waals surface area (Å²) in [6.45, 7) is 0. The van der Waals surface area contributed by atoms with Crippen LogP contribution in [0.3, 0.4) is 0 Å². The van der Waals surface area contributed by atoms with Gasteiger partial charge in [0.2, 0.25) is 0 Å². The zero-order valence-corrected chi connectivity index (χ0v) is 30.7. The fraction of sp³-hybridized carbons (Fsp3) is 0.0182. The predicted octanol–water partition coefficient (Wildman–Crippen LogP) is 14.6. The molecule has 0 saturated carbocycles. The minimum Gasteiger partial charge on any atom is -0.310 e. The summed E-state index contributed by atoms with van der Waals surface area (Å²) in [5, 5.41) is 7.49. The Bertz CT molecular complexity index is 3160. The lowest BCUT2D eigenvalue weighted by molar-refractivity contribution is 0.795. The van der Waals surface area contributed by atoms with E-state index >= 15 is 0 Å². The van der Waals surface area contributed by atoms with Crippen molar-refractivity contribution in [3.8, 4) is 33.4 Å². The molecule has 0 saturated heterocycles. The lowest BCUT2D eigenvalue weighted by Crippen LogP contribution is -2.25. The van der Waals surface area contributed by atoms with Crippen LogP contribution in [-0.2, 0) is 5.41 Å². The van der Waals surface area contributed by atoms with E-state index in [1.54, 1.807) is 0 Å². The molecule has 0 N–H and O–H groups in total. The highest BCUT2D eigenvalue weighted by Crippen LogP contribution is 2.64. The average Bonchev–Trinajstić information content (AvgIpc) is 3.74. The first-order valence-corrected chi connectivity index (χ1v) is 19.5. The van der Waals surface area contributed by atoms with Gasteiger partial charge < -0.3 is 4.90 Å². The second-order valence-corrected chi connectivity index (χ2v) is 15.2. The number of rotatable bonds is 4. The van der Waals surface area contributed by atoms with E-state index < -0.39 is 5.41 Å². The van der Waals surface area contributed by atoms with Gasteiger partial charge in [-0.3, -0.25) is 0 Å². The maximum absolute atomic E-state index is 2.49. The Morgan fingerprint density at radius 3 is 1.64 bits per heavy atom. The molecule has 0 unspecified atom stereocenters. The number of fused-ring (bicyclic) bond motifs is 14. The summed E-state index contributed by atoms with van der Waals surface area (Å²) in [6.07, 6.45) is 0. The van der Waals surface area contributed by atoms with E-state index in [-0.39, 0.29) is 0 Å². The van der Waals surface area contributed by atoms with Crippen molar-refractivity contribution in [2.75, 3.05) is 4.90 Å². The summed E-state index contributed by atoms with van der Waals surface area (Å²) in [7, 11) is 0. The van der Waals surface area contributed by atoms with Crippen molar-refractivity contribution in [2.24, 2.45) is 0 Å². The van der Waals surface area contributed by atoms with Gasteiger partial charge in [-0.2, -0.15) is 0 Å². The molecule has 2 aliphatic rings. The zero-order valence-electron chi connectivity index (χ0n) is 30.7. The van der Waals surface area contributed by atoms with Gasteiger partial charge in [-0.05, 0) is 119 Å². The summed E-state index contributed by atoms with van der Waals surface area (Å²) in [6, 6.07) is 78.8. The molecule has 1 nitrogen and oxygen atoms in total. The normalized spacial score (nSPS) is 13.1. The third-order valence-electron chi connectivity index (χ3n) is 12.4. The molecule has 1 spiro atoms. The minimum absolute atomic E-state index is 0.404. The maximum atomic E-state index is 2.49. The van der Waals surface area contributed by atoms with Crippen LogP contribution in [0.1, 0.15) is 22.3 Å². The van der Waals surface area contributed by atoms with Crippen molar-refractivity contribution in [1.29, 1.82) is 0 Å². The zero-order chi connectivity index (χ0) is 36.8. The van der Waals surface area contributed by atoms with Crippen molar-refractivity contribution < 1.29 is 0 Å². The van der Waals surface area contributed by atoms with E-state index in [4.69, 9.17) is 0 Å². The van der Waals surface area contributed by atoms with E-state index in [0.29, 0.717) is 0 Å². The van der Waals surface area contributed by atoms with E-state index in [0.717, 1.165) is 17.1 Å². The Kier molecular flexibility index (Phi) is 6.62. The van der Waals surface area contributed by atoms with E-state index in [9.17, 15) is 0 Å². The van der Waals surface area contributed by atoms with E-state index in [2.05, 4.69) is 217 Å². The largest absolute Gasteiger partial charge is 0.310 e. The molecule has 2 aliphatic carbocycles. The molecule has 260 valence electrons. The minimum atomic E-state index is -0.404. The van der Waals surface area contributed by atoms with Gasteiger partial charge in [-0.1, -0.05) is 176 Å². The van der Waals surface area contributed by atoms with Crippen LogP contribution >= 0.6 is 0 Å². The van der Waals surface area contributed by atoms with Gasteiger partial charge >= 0.3 is 0 Å². The number of benzene rings is 10. The molecule has 12 rings (SSSR count). The highest BCUT2D eigenvalue weighted by molar-refractivity contribution is 6.07. The van der Waals surface area contributed by atoms with Crippen molar-refractivity contribution in [3.63, 3.8) is 0 Å². The number of nitrogens with zero attached hydrogens (tertiary/aromatic N) is 1. The first-order chi connectivity index (χ1) is 27.8. The second-order valence-electron chi connectivity index (χ2n) is 15.2. The quantitative estimate of drug-likeness (QED) is 0.176. The van der Waals surface area contributed by atoms with Gasteiger partial charge in [-0.15, -0.1) is 0 Å². The highest BCUT2D eigenvalue weighted by atomic mass is 15.1. The van der Waals surface area contributed by atoms with Gasteiger partial charge in [0.15, 0.2) is 0 Å². The monoisotopic (exact) mass is 709 g/mol. The Balaban J connectivity index is 1.05. The molecule has 0 aromatic heterocycles. The van der Waals surface area contributed by atoms with Crippen LogP contribution in [0.15, 0.2) is 212 Å². The summed E-state index contributed by atoms with van der Waals surface area (Å²) in [5.74, 6) is 0. The smallest absolute Gasteiger partial charge is 0.0725 e. The van der Waals surface area contributed by atoms with Gasteiger partial charge in [0.05, 0.1) is 11.1 Å². The molecular formula is C55H35N. The average molecular weight is 710 g/mol. The van der Waals surface area contributed by atoms with Gasteiger partial charge in [0.1, 0.15) is 0 Å². The Hall–Kier alpha value is -7.22. The van der Waals surface area contributed by atoms with Crippen LogP contribution in [0.4, 0.5) is 17.1 Å². The first kappa shape index (κ1) is 31.2. The van der Waals surface area contributed by atoms with Crippen LogP contribution in [0.2, 0.25) is 0 Å². The maximum Gasteiger partial charge on any atom is 0.0725 e. The van der Waals surface area contributed by atoms with Crippen molar-refractivity contribution in [1.82, 2.24) is 0 Å². The fourth-order valence-corrected chi connectivity index (χ4v) is 10.0. The lowest BCUT2D eigenvalue weighted by atomic mass is 9.70. The van der Waals surface area contributed by atoms with Gasteiger partial charge in [0.25, 0.3) is 0 Å². The van der Waals surface area contributed by atoms with Crippen LogP contribution in [0, 0.1) is 0 Å². The van der Waals surface area contributed by atoms with Crippen molar-refractivity contribution >= 4 is 49.4 Å². The van der Waals surface area contributed by atoms with Crippen LogP contribution < -0.4 is 4.90 Å². The molecule has 0 fully saturated rings. The molecule has 10 aromatic rings. The molecule has 0 amide bonds. The molecule has 0 radical (unpaired) electrons. The topological polar surface area (TPSA) is 3.24 Å². The number of hydrogen-bond donors (Lipinski definition) is 0. The Morgan fingerprint density at radius 1 is 0.304 bits per heavy atom. The third kappa shape index (κ3) is 4.31. The standard InChI is InChI=1S/C55H35N/c1-2-15-40-34-43(31-26-36(40)12-1)56(53-23-11-16-38-13-3-5-17-44(38)53)42-29-24-37(25-30-42)41-27-32-48-52(35-41)55(51-33-28-39-14-4-6-18-45(39)54(48)51)49-21-9-7-19-46(49)47-20-8-10-22-50(47)55/h1-35H. The van der Waals surface area contributed by atoms with E-state index in [1.807, 2.05) is 0 Å².